The van der Waals surface area contributed by atoms with Gasteiger partial charge < -0.3 is 10.2 Å². The van der Waals surface area contributed by atoms with Crippen LogP contribution in [-0.4, -0.2) is 16.8 Å². The third-order valence-corrected chi connectivity index (χ3v) is 3.55. The van der Waals surface area contributed by atoms with E-state index in [-0.39, 0.29) is 12.4 Å². The standard InChI is InChI=1S/C13H19BrO2/c1-8(2)9-5-12(16)10(6-11(9)14)13(3,4)7-15/h5-6,8,15-16H,7H2,1-4H3. The number of phenols is 1. The average molecular weight is 287 g/mol. The maximum atomic E-state index is 10.00. The van der Waals surface area contributed by atoms with Crippen molar-refractivity contribution >= 4 is 15.9 Å². The quantitative estimate of drug-likeness (QED) is 0.892. The molecule has 1 aromatic rings. The predicted octanol–water partition coefficient (Wildman–Crippen LogP) is 3.55. The monoisotopic (exact) mass is 286 g/mol. The molecule has 0 saturated carbocycles. The molecular weight excluding hydrogens is 268 g/mol. The molecule has 0 fully saturated rings. The second kappa shape index (κ2) is 4.76. The van der Waals surface area contributed by atoms with E-state index in [1.54, 1.807) is 6.07 Å². The van der Waals surface area contributed by atoms with Crippen molar-refractivity contribution in [3.8, 4) is 5.75 Å². The molecule has 3 heteroatoms. The summed E-state index contributed by atoms with van der Waals surface area (Å²) in [4.78, 5) is 0. The van der Waals surface area contributed by atoms with Crippen molar-refractivity contribution in [2.75, 3.05) is 6.61 Å². The van der Waals surface area contributed by atoms with Crippen LogP contribution in [0.15, 0.2) is 16.6 Å². The third kappa shape index (κ3) is 2.58. The number of hydrogen-bond donors (Lipinski definition) is 2. The van der Waals surface area contributed by atoms with E-state index in [9.17, 15) is 10.2 Å². The number of phenolic OH excluding ortho intramolecular Hbond substituents is 1. The number of aliphatic hydroxyl groups excluding tert-OH is 1. The highest BCUT2D eigenvalue weighted by atomic mass is 79.9. The van der Waals surface area contributed by atoms with Crippen LogP contribution in [0.3, 0.4) is 0 Å². The summed E-state index contributed by atoms with van der Waals surface area (Å²) in [6.45, 7) is 7.98. The van der Waals surface area contributed by atoms with Crippen molar-refractivity contribution < 1.29 is 10.2 Å². The highest BCUT2D eigenvalue weighted by Gasteiger charge is 2.24. The number of halogens is 1. The Kier molecular flexibility index (Phi) is 4.02. The Morgan fingerprint density at radius 1 is 1.31 bits per heavy atom. The van der Waals surface area contributed by atoms with E-state index < -0.39 is 5.41 Å². The first-order chi connectivity index (χ1) is 7.29. The number of aromatic hydroxyl groups is 1. The van der Waals surface area contributed by atoms with Crippen molar-refractivity contribution in [2.24, 2.45) is 0 Å². The van der Waals surface area contributed by atoms with Gasteiger partial charge in [0, 0.05) is 15.5 Å². The molecule has 16 heavy (non-hydrogen) atoms. The summed E-state index contributed by atoms with van der Waals surface area (Å²) in [5.41, 5.74) is 1.42. The molecule has 0 unspecified atom stereocenters. The van der Waals surface area contributed by atoms with Gasteiger partial charge >= 0.3 is 0 Å². The average Bonchev–Trinajstić information content (AvgIpc) is 2.20. The molecule has 0 heterocycles. The van der Waals surface area contributed by atoms with Gasteiger partial charge in [0.25, 0.3) is 0 Å². The molecular formula is C13H19BrO2. The van der Waals surface area contributed by atoms with E-state index in [1.807, 2.05) is 19.9 Å². The summed E-state index contributed by atoms with van der Waals surface area (Å²) in [6, 6.07) is 3.68. The van der Waals surface area contributed by atoms with Crippen LogP contribution in [0.5, 0.6) is 5.75 Å². The Labute approximate surface area is 105 Å². The third-order valence-electron chi connectivity index (χ3n) is 2.86. The highest BCUT2D eigenvalue weighted by Crippen LogP contribution is 2.37. The molecule has 2 nitrogen and oxygen atoms in total. The molecule has 0 spiro atoms. The zero-order valence-corrected chi connectivity index (χ0v) is 11.8. The fraction of sp³-hybridized carbons (Fsp3) is 0.538. The van der Waals surface area contributed by atoms with E-state index in [0.717, 1.165) is 15.6 Å². The summed E-state index contributed by atoms with van der Waals surface area (Å²) in [5.74, 6) is 0.609. The van der Waals surface area contributed by atoms with Crippen LogP contribution in [0.4, 0.5) is 0 Å². The van der Waals surface area contributed by atoms with E-state index in [0.29, 0.717) is 5.92 Å². The molecule has 0 atom stereocenters. The Morgan fingerprint density at radius 2 is 1.88 bits per heavy atom. The molecule has 0 aliphatic heterocycles. The lowest BCUT2D eigenvalue weighted by molar-refractivity contribution is 0.215. The van der Waals surface area contributed by atoms with Crippen molar-refractivity contribution in [2.45, 2.75) is 39.0 Å². The summed E-state index contributed by atoms with van der Waals surface area (Å²) in [7, 11) is 0. The van der Waals surface area contributed by atoms with Crippen LogP contribution in [0, 0.1) is 0 Å². The van der Waals surface area contributed by atoms with Gasteiger partial charge in [0.2, 0.25) is 0 Å². The van der Waals surface area contributed by atoms with Crippen LogP contribution in [0.1, 0.15) is 44.7 Å². The minimum atomic E-state index is -0.428. The largest absolute Gasteiger partial charge is 0.508 e. The minimum absolute atomic E-state index is 0.00796. The van der Waals surface area contributed by atoms with E-state index in [4.69, 9.17) is 0 Å². The van der Waals surface area contributed by atoms with Gasteiger partial charge in [-0.25, -0.2) is 0 Å². The van der Waals surface area contributed by atoms with Gasteiger partial charge in [-0.2, -0.15) is 0 Å². The zero-order chi connectivity index (χ0) is 12.5. The molecule has 0 bridgehead atoms. The number of aliphatic hydroxyl groups is 1. The molecule has 0 amide bonds. The fourth-order valence-electron chi connectivity index (χ4n) is 1.65. The molecule has 0 aliphatic rings. The van der Waals surface area contributed by atoms with Gasteiger partial charge in [0.05, 0.1) is 6.61 Å². The van der Waals surface area contributed by atoms with Crippen LogP contribution in [0.25, 0.3) is 0 Å². The Balaban J connectivity index is 3.31. The second-order valence-electron chi connectivity index (χ2n) is 5.09. The van der Waals surface area contributed by atoms with Crippen LogP contribution in [-0.2, 0) is 5.41 Å². The molecule has 0 aromatic heterocycles. The molecule has 90 valence electrons. The molecule has 0 saturated heterocycles. The molecule has 1 rings (SSSR count). The summed E-state index contributed by atoms with van der Waals surface area (Å²) >= 11 is 3.51. The molecule has 1 aromatic carbocycles. The van der Waals surface area contributed by atoms with Crippen LogP contribution < -0.4 is 0 Å². The van der Waals surface area contributed by atoms with Crippen molar-refractivity contribution in [3.63, 3.8) is 0 Å². The number of benzene rings is 1. The van der Waals surface area contributed by atoms with Gasteiger partial charge in [-0.3, -0.25) is 0 Å². The van der Waals surface area contributed by atoms with Gasteiger partial charge in [-0.1, -0.05) is 43.6 Å². The first-order valence-corrected chi connectivity index (χ1v) is 6.22. The molecule has 0 aliphatic carbocycles. The van der Waals surface area contributed by atoms with Crippen LogP contribution in [0.2, 0.25) is 0 Å². The Bertz CT molecular complexity index is 384. The molecule has 2 N–H and O–H groups in total. The van der Waals surface area contributed by atoms with Crippen molar-refractivity contribution in [1.82, 2.24) is 0 Å². The second-order valence-corrected chi connectivity index (χ2v) is 5.94. The van der Waals surface area contributed by atoms with E-state index in [2.05, 4.69) is 29.8 Å². The normalized spacial score (nSPS) is 12.2. The lowest BCUT2D eigenvalue weighted by Crippen LogP contribution is -2.22. The molecule has 0 radical (unpaired) electrons. The predicted molar refractivity (Wildman–Crippen MR) is 70.0 cm³/mol. The van der Waals surface area contributed by atoms with Gasteiger partial charge in [-0.15, -0.1) is 0 Å². The highest BCUT2D eigenvalue weighted by molar-refractivity contribution is 9.10. The number of hydrogen-bond acceptors (Lipinski definition) is 2. The Hall–Kier alpha value is -0.540. The first-order valence-electron chi connectivity index (χ1n) is 5.43. The lowest BCUT2D eigenvalue weighted by Gasteiger charge is -2.25. The van der Waals surface area contributed by atoms with Gasteiger partial charge in [-0.05, 0) is 23.6 Å². The lowest BCUT2D eigenvalue weighted by atomic mass is 9.84. The van der Waals surface area contributed by atoms with Crippen molar-refractivity contribution in [3.05, 3.63) is 27.7 Å². The fourth-order valence-corrected chi connectivity index (χ4v) is 2.45. The zero-order valence-electron chi connectivity index (χ0n) is 10.2. The maximum absolute atomic E-state index is 10.00. The van der Waals surface area contributed by atoms with Gasteiger partial charge in [0.1, 0.15) is 5.75 Å². The van der Waals surface area contributed by atoms with Crippen LogP contribution >= 0.6 is 15.9 Å². The Morgan fingerprint density at radius 3 is 2.31 bits per heavy atom. The SMILES string of the molecule is CC(C)c1cc(O)c(C(C)(C)CO)cc1Br. The first kappa shape index (κ1) is 13.5. The smallest absolute Gasteiger partial charge is 0.119 e. The summed E-state index contributed by atoms with van der Waals surface area (Å²) in [6.07, 6.45) is 0. The summed E-state index contributed by atoms with van der Waals surface area (Å²) in [5, 5.41) is 19.3. The minimum Gasteiger partial charge on any atom is -0.508 e. The topological polar surface area (TPSA) is 40.5 Å². The van der Waals surface area contributed by atoms with E-state index in [1.165, 1.54) is 0 Å². The van der Waals surface area contributed by atoms with E-state index >= 15 is 0 Å². The number of rotatable bonds is 3. The van der Waals surface area contributed by atoms with Crippen molar-refractivity contribution in [1.29, 1.82) is 0 Å². The summed E-state index contributed by atoms with van der Waals surface area (Å²) < 4.78 is 0.983. The van der Waals surface area contributed by atoms with Gasteiger partial charge in [0.15, 0.2) is 0 Å². The maximum Gasteiger partial charge on any atom is 0.119 e.